The highest BCUT2D eigenvalue weighted by atomic mass is 35.5. The fourth-order valence-electron chi connectivity index (χ4n) is 0.896. The number of nitrogens with one attached hydrogen (secondary N) is 1. The van der Waals surface area contributed by atoms with Crippen LogP contribution < -0.4 is 4.72 Å². The molecule has 6 heteroatoms. The van der Waals surface area contributed by atoms with Gasteiger partial charge in [-0.1, -0.05) is 29.3 Å². The first-order valence-corrected chi connectivity index (χ1v) is 6.27. The van der Waals surface area contributed by atoms with Crippen LogP contribution in [0.15, 0.2) is 35.7 Å². The summed E-state index contributed by atoms with van der Waals surface area (Å²) in [5, 5.41) is 0.525. The number of benzene rings is 1. The Kier molecular flexibility index (Phi) is 4.16. The zero-order valence-corrected chi connectivity index (χ0v) is 10.0. The number of sulfonamides is 1. The van der Waals surface area contributed by atoms with Crippen molar-refractivity contribution in [2.24, 2.45) is 0 Å². The lowest BCUT2D eigenvalue weighted by molar-refractivity contribution is 0.585. The van der Waals surface area contributed by atoms with Gasteiger partial charge in [0.15, 0.2) is 0 Å². The quantitative estimate of drug-likeness (QED) is 0.851. The van der Waals surface area contributed by atoms with Crippen LogP contribution in [0, 0.1) is 0 Å². The average Bonchev–Trinajstić information content (AvgIpc) is 2.19. The Labute approximate surface area is 98.8 Å². The third kappa shape index (κ3) is 3.21. The fraction of sp³-hybridized carbons (Fsp3) is 0.111. The van der Waals surface area contributed by atoms with Gasteiger partial charge in [0.2, 0.25) is 10.0 Å². The third-order valence-corrected chi connectivity index (χ3v) is 3.78. The van der Waals surface area contributed by atoms with Crippen LogP contribution in [0.3, 0.4) is 0 Å². The number of hydrogen-bond acceptors (Lipinski definition) is 2. The van der Waals surface area contributed by atoms with Gasteiger partial charge >= 0.3 is 0 Å². The van der Waals surface area contributed by atoms with Gasteiger partial charge in [-0.15, -0.1) is 6.58 Å². The molecule has 0 saturated heterocycles. The van der Waals surface area contributed by atoms with Gasteiger partial charge in [0.1, 0.15) is 0 Å². The molecule has 0 radical (unpaired) electrons. The number of rotatable bonds is 4. The molecule has 0 heterocycles. The summed E-state index contributed by atoms with van der Waals surface area (Å²) >= 11 is 11.4. The normalized spacial score (nSPS) is 11.3. The van der Waals surface area contributed by atoms with Gasteiger partial charge in [-0.05, 0) is 18.2 Å². The highest BCUT2D eigenvalue weighted by molar-refractivity contribution is 7.89. The monoisotopic (exact) mass is 265 g/mol. The Balaban J connectivity index is 3.05. The Morgan fingerprint density at radius 1 is 1.33 bits per heavy atom. The van der Waals surface area contributed by atoms with Crippen LogP contribution in [0.2, 0.25) is 10.0 Å². The van der Waals surface area contributed by atoms with Gasteiger partial charge in [0.25, 0.3) is 0 Å². The van der Waals surface area contributed by atoms with Crippen LogP contribution in [-0.2, 0) is 10.0 Å². The van der Waals surface area contributed by atoms with E-state index < -0.39 is 10.0 Å². The summed E-state index contributed by atoms with van der Waals surface area (Å²) in [6.07, 6.45) is 1.45. The molecule has 82 valence electrons. The molecule has 15 heavy (non-hydrogen) atoms. The average molecular weight is 266 g/mol. The fourth-order valence-corrected chi connectivity index (χ4v) is 2.28. The molecule has 1 aromatic rings. The smallest absolute Gasteiger partial charge is 0.207 e. The Morgan fingerprint density at radius 2 is 2.00 bits per heavy atom. The summed E-state index contributed by atoms with van der Waals surface area (Å²) in [5.74, 6) is 0. The minimum absolute atomic E-state index is 0.0822. The van der Waals surface area contributed by atoms with Crippen molar-refractivity contribution in [1.29, 1.82) is 0 Å². The summed E-state index contributed by atoms with van der Waals surface area (Å²) in [6, 6.07) is 4.13. The van der Waals surface area contributed by atoms with Crippen molar-refractivity contribution >= 4 is 33.2 Å². The Hall–Kier alpha value is -0.550. The summed E-state index contributed by atoms with van der Waals surface area (Å²) in [4.78, 5) is 0.0822. The van der Waals surface area contributed by atoms with Crippen molar-refractivity contribution in [3.63, 3.8) is 0 Å². The molecule has 0 atom stereocenters. The van der Waals surface area contributed by atoms with Crippen molar-refractivity contribution in [2.75, 3.05) is 6.54 Å². The molecule has 1 N–H and O–H groups in total. The van der Waals surface area contributed by atoms with Gasteiger partial charge in [-0.2, -0.15) is 0 Å². The van der Waals surface area contributed by atoms with E-state index in [1.807, 2.05) is 0 Å². The lowest BCUT2D eigenvalue weighted by Crippen LogP contribution is -2.23. The molecule has 0 aliphatic heterocycles. The first kappa shape index (κ1) is 12.5. The standard InChI is InChI=1S/C9H9Cl2NO2S/c1-2-5-12-15(13,14)7-3-4-8(10)9(11)6-7/h2-4,6,12H,1,5H2. The van der Waals surface area contributed by atoms with Crippen LogP contribution in [0.25, 0.3) is 0 Å². The first-order valence-electron chi connectivity index (χ1n) is 4.03. The summed E-state index contributed by atoms with van der Waals surface area (Å²) < 4.78 is 25.5. The molecule has 0 unspecified atom stereocenters. The van der Waals surface area contributed by atoms with Crippen molar-refractivity contribution in [1.82, 2.24) is 4.72 Å². The van der Waals surface area contributed by atoms with Crippen molar-refractivity contribution < 1.29 is 8.42 Å². The minimum atomic E-state index is -3.53. The molecule has 1 rings (SSSR count). The second-order valence-electron chi connectivity index (χ2n) is 2.72. The molecular weight excluding hydrogens is 257 g/mol. The molecule has 0 aromatic heterocycles. The third-order valence-electron chi connectivity index (χ3n) is 1.62. The van der Waals surface area contributed by atoms with Crippen LogP contribution >= 0.6 is 23.2 Å². The van der Waals surface area contributed by atoms with E-state index >= 15 is 0 Å². The zero-order valence-electron chi connectivity index (χ0n) is 7.70. The second kappa shape index (κ2) is 4.99. The molecule has 3 nitrogen and oxygen atoms in total. The predicted octanol–water partition coefficient (Wildman–Crippen LogP) is 2.46. The van der Waals surface area contributed by atoms with Crippen LogP contribution in [0.1, 0.15) is 0 Å². The van der Waals surface area contributed by atoms with Gasteiger partial charge in [0, 0.05) is 6.54 Å². The minimum Gasteiger partial charge on any atom is -0.207 e. The number of hydrogen-bond donors (Lipinski definition) is 1. The van der Waals surface area contributed by atoms with Crippen LogP contribution in [0.5, 0.6) is 0 Å². The lowest BCUT2D eigenvalue weighted by atomic mass is 10.4. The highest BCUT2D eigenvalue weighted by Crippen LogP contribution is 2.24. The topological polar surface area (TPSA) is 46.2 Å². The molecule has 0 spiro atoms. The summed E-state index contributed by atoms with van der Waals surface area (Å²) in [7, 11) is -3.53. The van der Waals surface area contributed by atoms with Gasteiger partial charge in [0.05, 0.1) is 14.9 Å². The van der Waals surface area contributed by atoms with Gasteiger partial charge in [-0.3, -0.25) is 0 Å². The molecule has 0 amide bonds. The Bertz CT molecular complexity index is 471. The Morgan fingerprint density at radius 3 is 2.53 bits per heavy atom. The molecule has 0 fully saturated rings. The van der Waals surface area contributed by atoms with Gasteiger partial charge in [-0.25, -0.2) is 13.1 Å². The van der Waals surface area contributed by atoms with Crippen LogP contribution in [0.4, 0.5) is 0 Å². The van der Waals surface area contributed by atoms with E-state index in [2.05, 4.69) is 11.3 Å². The van der Waals surface area contributed by atoms with E-state index in [4.69, 9.17) is 23.2 Å². The van der Waals surface area contributed by atoms with E-state index in [1.165, 1.54) is 24.3 Å². The zero-order chi connectivity index (χ0) is 11.5. The largest absolute Gasteiger partial charge is 0.240 e. The lowest BCUT2D eigenvalue weighted by Gasteiger charge is -2.05. The van der Waals surface area contributed by atoms with Gasteiger partial charge < -0.3 is 0 Å². The van der Waals surface area contributed by atoms with E-state index in [0.717, 1.165) is 0 Å². The molecular formula is C9H9Cl2NO2S. The van der Waals surface area contributed by atoms with Crippen molar-refractivity contribution in [3.8, 4) is 0 Å². The molecule has 0 aliphatic rings. The van der Waals surface area contributed by atoms with E-state index in [1.54, 1.807) is 0 Å². The van der Waals surface area contributed by atoms with E-state index in [0.29, 0.717) is 5.02 Å². The maximum atomic E-state index is 11.6. The summed E-state index contributed by atoms with van der Waals surface area (Å²) in [5.41, 5.74) is 0. The second-order valence-corrected chi connectivity index (χ2v) is 5.30. The van der Waals surface area contributed by atoms with Crippen molar-refractivity contribution in [3.05, 3.63) is 40.9 Å². The van der Waals surface area contributed by atoms with E-state index in [-0.39, 0.29) is 16.5 Å². The SMILES string of the molecule is C=CCNS(=O)(=O)c1ccc(Cl)c(Cl)c1. The first-order chi connectivity index (χ1) is 6.97. The van der Waals surface area contributed by atoms with Crippen molar-refractivity contribution in [2.45, 2.75) is 4.90 Å². The maximum Gasteiger partial charge on any atom is 0.240 e. The van der Waals surface area contributed by atoms with Crippen LogP contribution in [-0.4, -0.2) is 15.0 Å². The molecule has 0 aliphatic carbocycles. The highest BCUT2D eigenvalue weighted by Gasteiger charge is 2.13. The summed E-state index contributed by atoms with van der Waals surface area (Å²) in [6.45, 7) is 3.58. The molecule has 0 saturated carbocycles. The maximum absolute atomic E-state index is 11.6. The molecule has 1 aromatic carbocycles. The number of halogens is 2. The molecule has 0 bridgehead atoms. The predicted molar refractivity (Wildman–Crippen MR) is 61.8 cm³/mol. The van der Waals surface area contributed by atoms with E-state index in [9.17, 15) is 8.42 Å².